The number of morpholine rings is 1. The minimum atomic E-state index is 0.291. The van der Waals surface area contributed by atoms with Crippen molar-refractivity contribution in [3.8, 4) is 5.75 Å². The zero-order valence-corrected chi connectivity index (χ0v) is 12.8. The summed E-state index contributed by atoms with van der Waals surface area (Å²) in [6, 6.07) is 6.28. The van der Waals surface area contributed by atoms with Crippen LogP contribution in [-0.2, 0) is 11.3 Å². The molecule has 4 heteroatoms. The molecule has 1 heterocycles. The van der Waals surface area contributed by atoms with Crippen LogP contribution in [0.1, 0.15) is 18.1 Å². The van der Waals surface area contributed by atoms with Crippen LogP contribution in [0, 0.1) is 6.92 Å². The van der Waals surface area contributed by atoms with Crippen LogP contribution in [0.3, 0.4) is 0 Å². The number of nitrogens with zero attached hydrogens (tertiary/aromatic N) is 1. The predicted octanol–water partition coefficient (Wildman–Crippen LogP) is 1.81. The zero-order chi connectivity index (χ0) is 14.4. The first-order valence-corrected chi connectivity index (χ1v) is 7.41. The van der Waals surface area contributed by atoms with Crippen molar-refractivity contribution < 1.29 is 9.47 Å². The summed E-state index contributed by atoms with van der Waals surface area (Å²) < 4.78 is 11.2. The average Bonchev–Trinajstić information content (AvgIpc) is 2.48. The number of ether oxygens (including phenoxy) is 2. The molecule has 1 fully saturated rings. The fraction of sp³-hybridized carbons (Fsp3) is 0.625. The van der Waals surface area contributed by atoms with E-state index >= 15 is 0 Å². The van der Waals surface area contributed by atoms with Gasteiger partial charge in [0.1, 0.15) is 5.75 Å². The molecule has 0 amide bonds. The van der Waals surface area contributed by atoms with Gasteiger partial charge in [-0.1, -0.05) is 24.6 Å². The van der Waals surface area contributed by atoms with Gasteiger partial charge in [-0.25, -0.2) is 0 Å². The number of rotatable bonds is 6. The molecule has 1 aliphatic heterocycles. The van der Waals surface area contributed by atoms with E-state index in [4.69, 9.17) is 9.47 Å². The minimum Gasteiger partial charge on any atom is -0.496 e. The fourth-order valence-electron chi connectivity index (χ4n) is 2.60. The van der Waals surface area contributed by atoms with Gasteiger partial charge in [0.2, 0.25) is 0 Å². The van der Waals surface area contributed by atoms with Crippen molar-refractivity contribution in [3.63, 3.8) is 0 Å². The third-order valence-corrected chi connectivity index (χ3v) is 3.79. The lowest BCUT2D eigenvalue weighted by Gasteiger charge is -2.32. The Morgan fingerprint density at radius 1 is 1.45 bits per heavy atom. The topological polar surface area (TPSA) is 33.7 Å². The minimum absolute atomic E-state index is 0.291. The van der Waals surface area contributed by atoms with Crippen molar-refractivity contribution in [2.75, 3.05) is 39.9 Å². The van der Waals surface area contributed by atoms with Gasteiger partial charge in [-0.05, 0) is 19.5 Å². The second kappa shape index (κ2) is 7.62. The maximum atomic E-state index is 5.79. The van der Waals surface area contributed by atoms with Crippen molar-refractivity contribution >= 4 is 0 Å². The van der Waals surface area contributed by atoms with E-state index in [-0.39, 0.29) is 0 Å². The smallest absolute Gasteiger partial charge is 0.123 e. The maximum Gasteiger partial charge on any atom is 0.123 e. The van der Waals surface area contributed by atoms with Gasteiger partial charge < -0.3 is 14.8 Å². The van der Waals surface area contributed by atoms with E-state index in [1.54, 1.807) is 7.11 Å². The number of benzene rings is 1. The van der Waals surface area contributed by atoms with Gasteiger partial charge in [0, 0.05) is 31.7 Å². The van der Waals surface area contributed by atoms with Crippen molar-refractivity contribution in [2.24, 2.45) is 0 Å². The van der Waals surface area contributed by atoms with E-state index in [0.29, 0.717) is 6.10 Å². The molecule has 0 spiro atoms. The van der Waals surface area contributed by atoms with Crippen molar-refractivity contribution in [2.45, 2.75) is 26.5 Å². The summed E-state index contributed by atoms with van der Waals surface area (Å²) >= 11 is 0. The number of nitrogens with one attached hydrogen (secondary N) is 1. The van der Waals surface area contributed by atoms with Gasteiger partial charge in [0.15, 0.2) is 0 Å². The molecule has 20 heavy (non-hydrogen) atoms. The van der Waals surface area contributed by atoms with Crippen LogP contribution in [0.4, 0.5) is 0 Å². The van der Waals surface area contributed by atoms with Gasteiger partial charge in [-0.3, -0.25) is 4.90 Å². The summed E-state index contributed by atoms with van der Waals surface area (Å²) in [4.78, 5) is 2.43. The third kappa shape index (κ3) is 4.20. The molecule has 1 unspecified atom stereocenters. The monoisotopic (exact) mass is 278 g/mol. The van der Waals surface area contributed by atoms with Crippen molar-refractivity contribution in [3.05, 3.63) is 29.3 Å². The molecule has 0 aliphatic carbocycles. The quantitative estimate of drug-likeness (QED) is 0.860. The van der Waals surface area contributed by atoms with Crippen LogP contribution < -0.4 is 10.1 Å². The Hall–Kier alpha value is -1.10. The van der Waals surface area contributed by atoms with Gasteiger partial charge in [0.05, 0.1) is 19.8 Å². The van der Waals surface area contributed by atoms with Gasteiger partial charge in [-0.2, -0.15) is 0 Å². The summed E-state index contributed by atoms with van der Waals surface area (Å²) in [6.45, 7) is 10.0. The van der Waals surface area contributed by atoms with E-state index < -0.39 is 0 Å². The second-order valence-electron chi connectivity index (χ2n) is 5.33. The molecule has 0 aromatic heterocycles. The highest BCUT2D eigenvalue weighted by Crippen LogP contribution is 2.19. The van der Waals surface area contributed by atoms with E-state index in [9.17, 15) is 0 Å². The SMILES string of the molecule is CCN1CCOC(CNCc2cc(C)ccc2OC)C1. The van der Waals surface area contributed by atoms with E-state index in [2.05, 4.69) is 36.2 Å². The largest absolute Gasteiger partial charge is 0.496 e. The van der Waals surface area contributed by atoms with Crippen molar-refractivity contribution in [1.29, 1.82) is 0 Å². The lowest BCUT2D eigenvalue weighted by molar-refractivity contribution is -0.0253. The standard InChI is InChI=1S/C16H26N2O2/c1-4-18-7-8-20-15(12-18)11-17-10-14-9-13(2)5-6-16(14)19-3/h5-6,9,15,17H,4,7-8,10-12H2,1-3H3. The Morgan fingerprint density at radius 2 is 2.30 bits per heavy atom. The van der Waals surface area contributed by atoms with E-state index in [1.807, 2.05) is 6.07 Å². The van der Waals surface area contributed by atoms with Crippen LogP contribution in [0.15, 0.2) is 18.2 Å². The zero-order valence-electron chi connectivity index (χ0n) is 12.8. The average molecular weight is 278 g/mol. The first-order valence-electron chi connectivity index (χ1n) is 7.41. The molecule has 2 rings (SSSR count). The number of methoxy groups -OCH3 is 1. The molecular weight excluding hydrogens is 252 g/mol. The molecule has 1 saturated heterocycles. The molecule has 1 aromatic rings. The highest BCUT2D eigenvalue weighted by molar-refractivity contribution is 5.36. The van der Waals surface area contributed by atoms with Gasteiger partial charge in [-0.15, -0.1) is 0 Å². The van der Waals surface area contributed by atoms with E-state index in [0.717, 1.165) is 45.1 Å². The van der Waals surface area contributed by atoms with Crippen LogP contribution in [0.25, 0.3) is 0 Å². The van der Waals surface area contributed by atoms with Crippen LogP contribution in [-0.4, -0.2) is 50.9 Å². The van der Waals surface area contributed by atoms with Gasteiger partial charge >= 0.3 is 0 Å². The van der Waals surface area contributed by atoms with Crippen LogP contribution in [0.2, 0.25) is 0 Å². The first-order chi connectivity index (χ1) is 9.72. The molecule has 1 aliphatic rings. The lowest BCUT2D eigenvalue weighted by atomic mass is 10.1. The fourth-order valence-corrected chi connectivity index (χ4v) is 2.60. The molecule has 0 saturated carbocycles. The molecule has 1 atom stereocenters. The van der Waals surface area contributed by atoms with Crippen molar-refractivity contribution in [1.82, 2.24) is 10.2 Å². The maximum absolute atomic E-state index is 5.79. The summed E-state index contributed by atoms with van der Waals surface area (Å²) in [5.74, 6) is 0.947. The molecule has 4 nitrogen and oxygen atoms in total. The molecular formula is C16H26N2O2. The Bertz CT molecular complexity index is 423. The lowest BCUT2D eigenvalue weighted by Crippen LogP contribution is -2.46. The molecule has 1 N–H and O–H groups in total. The number of hydrogen-bond acceptors (Lipinski definition) is 4. The Morgan fingerprint density at radius 3 is 3.05 bits per heavy atom. The normalized spacial score (nSPS) is 20.1. The molecule has 0 radical (unpaired) electrons. The molecule has 112 valence electrons. The summed E-state index contributed by atoms with van der Waals surface area (Å²) in [5, 5.41) is 3.49. The number of aryl methyl sites for hydroxylation is 1. The summed E-state index contributed by atoms with van der Waals surface area (Å²) in [7, 11) is 1.72. The molecule has 0 bridgehead atoms. The highest BCUT2D eigenvalue weighted by Gasteiger charge is 2.18. The second-order valence-corrected chi connectivity index (χ2v) is 5.33. The Kier molecular flexibility index (Phi) is 5.83. The number of hydrogen-bond donors (Lipinski definition) is 1. The first kappa shape index (κ1) is 15.3. The highest BCUT2D eigenvalue weighted by atomic mass is 16.5. The van der Waals surface area contributed by atoms with Crippen LogP contribution >= 0.6 is 0 Å². The number of likely N-dealkylation sites (N-methyl/N-ethyl adjacent to an activating group) is 1. The van der Waals surface area contributed by atoms with Crippen LogP contribution in [0.5, 0.6) is 5.75 Å². The third-order valence-electron chi connectivity index (χ3n) is 3.79. The Balaban J connectivity index is 1.82. The van der Waals surface area contributed by atoms with E-state index in [1.165, 1.54) is 11.1 Å². The predicted molar refractivity (Wildman–Crippen MR) is 81.3 cm³/mol. The summed E-state index contributed by atoms with van der Waals surface area (Å²) in [6.07, 6.45) is 0.291. The van der Waals surface area contributed by atoms with Gasteiger partial charge in [0.25, 0.3) is 0 Å². The Labute approximate surface area is 122 Å². The summed E-state index contributed by atoms with van der Waals surface area (Å²) in [5.41, 5.74) is 2.46. The molecule has 1 aromatic carbocycles.